The number of nitrogens with zero attached hydrogens (tertiary/aromatic N) is 2. The van der Waals surface area contributed by atoms with Gasteiger partial charge in [-0.15, -0.1) is 0 Å². The average Bonchev–Trinajstić information content (AvgIpc) is 3.01. The zero-order valence-corrected chi connectivity index (χ0v) is 16.7. The largest absolute Gasteiger partial charge is 0.490 e. The quantitative estimate of drug-likeness (QED) is 0.562. The Morgan fingerprint density at radius 3 is 2.54 bits per heavy atom. The van der Waals surface area contributed by atoms with Crippen LogP contribution in [-0.4, -0.2) is 22.3 Å². The average molecular weight is 478 g/mol. The van der Waals surface area contributed by atoms with Gasteiger partial charge in [-0.25, -0.2) is 0 Å². The number of aromatic nitrogens is 2. The van der Waals surface area contributed by atoms with Gasteiger partial charge in [0.05, 0.1) is 6.54 Å². The Balaban J connectivity index is 1.40. The SMILES string of the molecule is O=c1ccn2c(n1)O[C@H](COc1ccc(-c3cc(Br)cc(Br)c3)cc1)C2. The molecule has 0 saturated heterocycles. The highest BCUT2D eigenvalue weighted by molar-refractivity contribution is 9.11. The van der Waals surface area contributed by atoms with E-state index < -0.39 is 0 Å². The van der Waals surface area contributed by atoms with E-state index in [2.05, 4.69) is 49.0 Å². The molecule has 0 spiro atoms. The Labute approximate surface area is 166 Å². The molecule has 26 heavy (non-hydrogen) atoms. The number of hydrogen-bond donors (Lipinski definition) is 0. The molecular weight excluding hydrogens is 464 g/mol. The third-order valence-electron chi connectivity index (χ3n) is 4.01. The van der Waals surface area contributed by atoms with Gasteiger partial charge in [0, 0.05) is 21.2 Å². The smallest absolute Gasteiger partial charge is 0.300 e. The van der Waals surface area contributed by atoms with Crippen LogP contribution in [0.15, 0.2) is 68.5 Å². The van der Waals surface area contributed by atoms with Crippen molar-refractivity contribution in [2.75, 3.05) is 6.61 Å². The Morgan fingerprint density at radius 2 is 1.81 bits per heavy atom. The second kappa shape index (κ2) is 7.25. The van der Waals surface area contributed by atoms with E-state index >= 15 is 0 Å². The summed E-state index contributed by atoms with van der Waals surface area (Å²) in [6.07, 6.45) is 1.53. The fourth-order valence-corrected chi connectivity index (χ4v) is 4.09. The number of ether oxygens (including phenoxy) is 2. The molecular formula is C19H14Br2N2O3. The number of fused-ring (bicyclic) bond motifs is 1. The van der Waals surface area contributed by atoms with Crippen LogP contribution in [0.4, 0.5) is 0 Å². The van der Waals surface area contributed by atoms with Crippen LogP contribution in [0.2, 0.25) is 0 Å². The molecule has 0 aliphatic carbocycles. The van der Waals surface area contributed by atoms with Crippen molar-refractivity contribution in [1.29, 1.82) is 0 Å². The lowest BCUT2D eigenvalue weighted by atomic mass is 10.1. The fourth-order valence-electron chi connectivity index (χ4n) is 2.79. The zero-order valence-electron chi connectivity index (χ0n) is 13.6. The first-order valence-electron chi connectivity index (χ1n) is 8.00. The van der Waals surface area contributed by atoms with E-state index in [0.717, 1.165) is 25.8 Å². The van der Waals surface area contributed by atoms with Crippen molar-refractivity contribution in [3.05, 3.63) is 74.0 Å². The second-order valence-corrected chi connectivity index (χ2v) is 7.77. The van der Waals surface area contributed by atoms with Gasteiger partial charge in [0.25, 0.3) is 11.6 Å². The van der Waals surface area contributed by atoms with Crippen molar-refractivity contribution >= 4 is 31.9 Å². The summed E-state index contributed by atoms with van der Waals surface area (Å²) in [7, 11) is 0. The van der Waals surface area contributed by atoms with Crippen molar-refractivity contribution in [3.63, 3.8) is 0 Å². The monoisotopic (exact) mass is 476 g/mol. The van der Waals surface area contributed by atoms with Gasteiger partial charge in [-0.2, -0.15) is 4.98 Å². The van der Waals surface area contributed by atoms with Crippen LogP contribution in [0, 0.1) is 0 Å². The summed E-state index contributed by atoms with van der Waals surface area (Å²) in [5.41, 5.74) is 1.92. The lowest BCUT2D eigenvalue weighted by Gasteiger charge is -2.11. The van der Waals surface area contributed by atoms with E-state index in [1.807, 2.05) is 34.9 Å². The highest BCUT2D eigenvalue weighted by atomic mass is 79.9. The molecule has 5 nitrogen and oxygen atoms in total. The predicted molar refractivity (Wildman–Crippen MR) is 106 cm³/mol. The fraction of sp³-hybridized carbons (Fsp3) is 0.158. The molecule has 0 radical (unpaired) electrons. The molecule has 0 amide bonds. The summed E-state index contributed by atoms with van der Waals surface area (Å²) in [5.74, 6) is 0.768. The molecule has 0 fully saturated rings. The van der Waals surface area contributed by atoms with Crippen molar-refractivity contribution in [2.24, 2.45) is 0 Å². The van der Waals surface area contributed by atoms with E-state index in [1.54, 1.807) is 6.20 Å². The lowest BCUT2D eigenvalue weighted by Crippen LogP contribution is -2.23. The van der Waals surface area contributed by atoms with Gasteiger partial charge in [0.1, 0.15) is 12.4 Å². The van der Waals surface area contributed by atoms with Crippen LogP contribution in [0.5, 0.6) is 11.8 Å². The molecule has 0 unspecified atom stereocenters. The van der Waals surface area contributed by atoms with Gasteiger partial charge in [0.15, 0.2) is 6.10 Å². The minimum atomic E-state index is -0.299. The van der Waals surface area contributed by atoms with E-state index in [1.165, 1.54) is 6.07 Å². The molecule has 0 N–H and O–H groups in total. The molecule has 0 saturated carbocycles. The minimum absolute atomic E-state index is 0.162. The first-order chi connectivity index (χ1) is 12.6. The molecule has 1 aliphatic rings. The van der Waals surface area contributed by atoms with Crippen molar-refractivity contribution in [2.45, 2.75) is 12.6 Å². The Kier molecular flexibility index (Phi) is 4.82. The summed E-state index contributed by atoms with van der Waals surface area (Å²) >= 11 is 7.02. The summed E-state index contributed by atoms with van der Waals surface area (Å²) in [6, 6.07) is 15.8. The second-order valence-electron chi connectivity index (χ2n) is 5.93. The van der Waals surface area contributed by atoms with Crippen LogP contribution >= 0.6 is 31.9 Å². The standard InChI is InChI=1S/C19H14Br2N2O3/c20-14-7-13(8-15(21)9-14)12-1-3-16(4-2-12)25-11-17-10-23-6-5-18(24)22-19(23)26-17/h1-9,17H,10-11H2/t17-/m0/s1. The first kappa shape index (κ1) is 17.3. The van der Waals surface area contributed by atoms with Crippen LogP contribution in [-0.2, 0) is 6.54 Å². The van der Waals surface area contributed by atoms with Crippen LogP contribution in [0.3, 0.4) is 0 Å². The molecule has 1 atom stereocenters. The molecule has 4 rings (SSSR count). The maximum absolute atomic E-state index is 11.3. The summed E-state index contributed by atoms with van der Waals surface area (Å²) in [5, 5.41) is 0. The zero-order chi connectivity index (χ0) is 18.1. The molecule has 1 aromatic heterocycles. The molecule has 2 heterocycles. The van der Waals surface area contributed by atoms with Crippen molar-refractivity contribution < 1.29 is 9.47 Å². The predicted octanol–water partition coefficient (Wildman–Crippen LogP) is 4.28. The van der Waals surface area contributed by atoms with E-state index in [-0.39, 0.29) is 11.7 Å². The molecule has 0 bridgehead atoms. The van der Waals surface area contributed by atoms with E-state index in [9.17, 15) is 4.79 Å². The summed E-state index contributed by atoms with van der Waals surface area (Å²) in [6.45, 7) is 1.01. The van der Waals surface area contributed by atoms with Gasteiger partial charge in [-0.3, -0.25) is 9.36 Å². The molecule has 3 aromatic rings. The highest BCUT2D eigenvalue weighted by Crippen LogP contribution is 2.29. The molecule has 132 valence electrons. The minimum Gasteiger partial charge on any atom is -0.490 e. The molecule has 1 aliphatic heterocycles. The van der Waals surface area contributed by atoms with Crippen LogP contribution in [0.1, 0.15) is 0 Å². The van der Waals surface area contributed by atoms with Crippen LogP contribution < -0.4 is 15.0 Å². The Morgan fingerprint density at radius 1 is 1.08 bits per heavy atom. The Hall–Kier alpha value is -2.12. The van der Waals surface area contributed by atoms with E-state index in [0.29, 0.717) is 19.2 Å². The third-order valence-corrected chi connectivity index (χ3v) is 4.92. The van der Waals surface area contributed by atoms with E-state index in [4.69, 9.17) is 9.47 Å². The normalized spacial score (nSPS) is 15.4. The van der Waals surface area contributed by atoms with Crippen molar-refractivity contribution in [3.8, 4) is 22.9 Å². The lowest BCUT2D eigenvalue weighted by molar-refractivity contribution is 0.143. The maximum Gasteiger partial charge on any atom is 0.300 e. The number of rotatable bonds is 4. The van der Waals surface area contributed by atoms with Gasteiger partial charge in [0.2, 0.25) is 0 Å². The van der Waals surface area contributed by atoms with Crippen LogP contribution in [0.25, 0.3) is 11.1 Å². The summed E-state index contributed by atoms with van der Waals surface area (Å²) < 4.78 is 15.3. The number of hydrogen-bond acceptors (Lipinski definition) is 4. The van der Waals surface area contributed by atoms with Gasteiger partial charge in [-0.1, -0.05) is 44.0 Å². The van der Waals surface area contributed by atoms with Crippen molar-refractivity contribution in [1.82, 2.24) is 9.55 Å². The van der Waals surface area contributed by atoms with Gasteiger partial charge in [-0.05, 0) is 41.5 Å². The summed E-state index contributed by atoms with van der Waals surface area (Å²) in [4.78, 5) is 15.1. The topological polar surface area (TPSA) is 53.4 Å². The number of benzene rings is 2. The maximum atomic E-state index is 11.3. The number of halogens is 2. The van der Waals surface area contributed by atoms with Gasteiger partial charge < -0.3 is 9.47 Å². The molecule has 7 heteroatoms. The molecule has 2 aromatic carbocycles. The Bertz CT molecular complexity index is 982. The highest BCUT2D eigenvalue weighted by Gasteiger charge is 2.23. The third kappa shape index (κ3) is 3.83. The van der Waals surface area contributed by atoms with Gasteiger partial charge >= 0.3 is 0 Å². The first-order valence-corrected chi connectivity index (χ1v) is 9.59.